The quantitative estimate of drug-likeness (QED) is 0.753. The molecular weight excluding hydrogens is 194 g/mol. The molecular formula is C15H29N. The van der Waals surface area contributed by atoms with Gasteiger partial charge in [0, 0.05) is 6.04 Å². The number of hydrogen-bond donors (Lipinski definition) is 1. The lowest BCUT2D eigenvalue weighted by molar-refractivity contribution is 0.111. The average Bonchev–Trinajstić information content (AvgIpc) is 2.14. The van der Waals surface area contributed by atoms with Gasteiger partial charge in [-0.2, -0.15) is 0 Å². The van der Waals surface area contributed by atoms with Crippen LogP contribution in [-0.2, 0) is 0 Å². The van der Waals surface area contributed by atoms with Crippen LogP contribution in [0.4, 0.5) is 0 Å². The predicted molar refractivity (Wildman–Crippen MR) is 70.2 cm³/mol. The molecule has 1 heteroatoms. The Hall–Kier alpha value is -0.0400. The Morgan fingerprint density at radius 2 is 1.38 bits per heavy atom. The van der Waals surface area contributed by atoms with Gasteiger partial charge in [0.15, 0.2) is 0 Å². The Labute approximate surface area is 101 Å². The van der Waals surface area contributed by atoms with Crippen molar-refractivity contribution in [3.63, 3.8) is 0 Å². The molecule has 2 aliphatic rings. The summed E-state index contributed by atoms with van der Waals surface area (Å²) in [5.41, 5.74) is 6.91. The fourth-order valence-corrected chi connectivity index (χ4v) is 3.58. The highest BCUT2D eigenvalue weighted by atomic mass is 14.7. The van der Waals surface area contributed by atoms with Gasteiger partial charge < -0.3 is 5.73 Å². The molecule has 1 atom stereocenters. The zero-order chi connectivity index (χ0) is 11.8. The predicted octanol–water partition coefficient (Wildman–Crippen LogP) is 3.97. The Kier molecular flexibility index (Phi) is 3.63. The highest BCUT2D eigenvalue weighted by Crippen LogP contribution is 2.43. The summed E-state index contributed by atoms with van der Waals surface area (Å²) < 4.78 is 0. The maximum absolute atomic E-state index is 6.41. The van der Waals surface area contributed by atoms with E-state index in [2.05, 4.69) is 20.8 Å². The van der Waals surface area contributed by atoms with Crippen molar-refractivity contribution in [3.05, 3.63) is 0 Å². The second-order valence-electron chi connectivity index (χ2n) is 7.25. The van der Waals surface area contributed by atoms with Crippen molar-refractivity contribution < 1.29 is 0 Å². The lowest BCUT2D eigenvalue weighted by Gasteiger charge is -2.42. The molecule has 0 aliphatic heterocycles. The van der Waals surface area contributed by atoms with Gasteiger partial charge in [0.2, 0.25) is 0 Å². The highest BCUT2D eigenvalue weighted by molar-refractivity contribution is 4.89. The van der Waals surface area contributed by atoms with E-state index in [1.807, 2.05) is 0 Å². The third-order valence-corrected chi connectivity index (χ3v) is 5.24. The first-order valence-electron chi connectivity index (χ1n) is 7.24. The summed E-state index contributed by atoms with van der Waals surface area (Å²) in [7, 11) is 0. The van der Waals surface area contributed by atoms with Crippen molar-refractivity contribution in [1.82, 2.24) is 0 Å². The highest BCUT2D eigenvalue weighted by Gasteiger charge is 2.35. The van der Waals surface area contributed by atoms with E-state index < -0.39 is 0 Å². The van der Waals surface area contributed by atoms with Crippen molar-refractivity contribution in [1.29, 1.82) is 0 Å². The van der Waals surface area contributed by atoms with E-state index in [1.165, 1.54) is 44.9 Å². The van der Waals surface area contributed by atoms with Crippen LogP contribution in [0.25, 0.3) is 0 Å². The summed E-state index contributed by atoms with van der Waals surface area (Å²) in [6.07, 6.45) is 9.83. The third-order valence-electron chi connectivity index (χ3n) is 5.24. The first-order valence-corrected chi connectivity index (χ1v) is 7.24. The van der Waals surface area contributed by atoms with Crippen molar-refractivity contribution in [2.24, 2.45) is 28.9 Å². The Morgan fingerprint density at radius 1 is 0.875 bits per heavy atom. The first kappa shape index (κ1) is 12.4. The van der Waals surface area contributed by atoms with Gasteiger partial charge >= 0.3 is 0 Å². The van der Waals surface area contributed by atoms with Crippen LogP contribution in [0.3, 0.4) is 0 Å². The minimum absolute atomic E-state index is 0.505. The molecule has 0 saturated heterocycles. The van der Waals surface area contributed by atoms with Gasteiger partial charge in [0.05, 0.1) is 0 Å². The molecule has 0 amide bonds. The van der Waals surface area contributed by atoms with Crippen LogP contribution in [0, 0.1) is 23.2 Å². The molecule has 94 valence electrons. The van der Waals surface area contributed by atoms with Crippen molar-refractivity contribution in [2.45, 2.75) is 71.8 Å². The monoisotopic (exact) mass is 223 g/mol. The van der Waals surface area contributed by atoms with E-state index in [1.54, 1.807) is 0 Å². The third kappa shape index (κ3) is 2.61. The minimum atomic E-state index is 0.505. The second kappa shape index (κ2) is 4.68. The van der Waals surface area contributed by atoms with Gasteiger partial charge in [-0.05, 0) is 61.7 Å². The largest absolute Gasteiger partial charge is 0.327 e. The van der Waals surface area contributed by atoms with E-state index in [-0.39, 0.29) is 0 Å². The van der Waals surface area contributed by atoms with Gasteiger partial charge in [-0.15, -0.1) is 0 Å². The second-order valence-corrected chi connectivity index (χ2v) is 7.25. The van der Waals surface area contributed by atoms with Crippen molar-refractivity contribution in [3.8, 4) is 0 Å². The zero-order valence-corrected chi connectivity index (χ0v) is 11.3. The Morgan fingerprint density at radius 3 is 1.75 bits per heavy atom. The fraction of sp³-hybridized carbons (Fsp3) is 1.00. The molecule has 1 unspecified atom stereocenters. The van der Waals surface area contributed by atoms with E-state index in [0.29, 0.717) is 11.5 Å². The topological polar surface area (TPSA) is 26.0 Å². The van der Waals surface area contributed by atoms with Crippen molar-refractivity contribution in [2.75, 3.05) is 0 Å². The van der Waals surface area contributed by atoms with Gasteiger partial charge in [0.1, 0.15) is 0 Å². The average molecular weight is 223 g/mol. The molecule has 0 aromatic heterocycles. The summed E-state index contributed by atoms with van der Waals surface area (Å²) in [6.45, 7) is 7.18. The normalized spacial score (nSPS) is 34.5. The zero-order valence-electron chi connectivity index (χ0n) is 11.3. The summed E-state index contributed by atoms with van der Waals surface area (Å²) in [5.74, 6) is 2.64. The smallest absolute Gasteiger partial charge is 0.00956 e. The van der Waals surface area contributed by atoms with Gasteiger partial charge in [-0.1, -0.05) is 27.2 Å². The van der Waals surface area contributed by atoms with E-state index in [9.17, 15) is 0 Å². The van der Waals surface area contributed by atoms with Crippen LogP contribution in [0.2, 0.25) is 0 Å². The molecule has 0 spiro atoms. The van der Waals surface area contributed by atoms with Gasteiger partial charge in [-0.25, -0.2) is 0 Å². The Bertz CT molecular complexity index is 216. The van der Waals surface area contributed by atoms with Gasteiger partial charge in [-0.3, -0.25) is 0 Å². The molecule has 2 saturated carbocycles. The van der Waals surface area contributed by atoms with E-state index in [4.69, 9.17) is 5.73 Å². The fourth-order valence-electron chi connectivity index (χ4n) is 3.58. The number of nitrogens with two attached hydrogens (primary N) is 1. The van der Waals surface area contributed by atoms with E-state index >= 15 is 0 Å². The molecule has 2 fully saturated rings. The SMILES string of the molecule is CC(C)(C)C1CCC(C(N)C2CCC2)CC1. The molecule has 2 N–H and O–H groups in total. The van der Waals surface area contributed by atoms with Crippen LogP contribution in [0.15, 0.2) is 0 Å². The maximum atomic E-state index is 6.41. The van der Waals surface area contributed by atoms with Crippen LogP contribution in [-0.4, -0.2) is 6.04 Å². The molecule has 1 nitrogen and oxygen atoms in total. The van der Waals surface area contributed by atoms with Crippen LogP contribution < -0.4 is 5.73 Å². The molecule has 2 rings (SSSR count). The summed E-state index contributed by atoms with van der Waals surface area (Å²) in [6, 6.07) is 0.523. The molecule has 0 heterocycles. The van der Waals surface area contributed by atoms with Crippen LogP contribution >= 0.6 is 0 Å². The number of hydrogen-bond acceptors (Lipinski definition) is 1. The summed E-state index contributed by atoms with van der Waals surface area (Å²) in [4.78, 5) is 0. The molecule has 16 heavy (non-hydrogen) atoms. The Balaban J connectivity index is 1.80. The van der Waals surface area contributed by atoms with Crippen LogP contribution in [0.5, 0.6) is 0 Å². The molecule has 0 bridgehead atoms. The standard InChI is InChI=1S/C15H29N/c1-15(2,3)13-9-7-12(8-10-13)14(16)11-5-4-6-11/h11-14H,4-10,16H2,1-3H3. The summed E-state index contributed by atoms with van der Waals surface area (Å²) >= 11 is 0. The van der Waals surface area contributed by atoms with E-state index in [0.717, 1.165) is 17.8 Å². The molecule has 0 aromatic rings. The lowest BCUT2D eigenvalue weighted by atomic mass is 9.65. The van der Waals surface area contributed by atoms with Gasteiger partial charge in [0.25, 0.3) is 0 Å². The molecule has 0 aromatic carbocycles. The minimum Gasteiger partial charge on any atom is -0.327 e. The maximum Gasteiger partial charge on any atom is 0.00956 e. The lowest BCUT2D eigenvalue weighted by Crippen LogP contribution is -2.43. The first-order chi connectivity index (χ1) is 7.48. The molecule has 0 radical (unpaired) electrons. The van der Waals surface area contributed by atoms with Crippen molar-refractivity contribution >= 4 is 0 Å². The van der Waals surface area contributed by atoms with Crippen LogP contribution in [0.1, 0.15) is 65.7 Å². The summed E-state index contributed by atoms with van der Waals surface area (Å²) in [5, 5.41) is 0. The number of rotatable bonds is 2. The molecule has 2 aliphatic carbocycles.